The molecular weight excluding hydrogens is 597 g/mol. The van der Waals surface area contributed by atoms with Gasteiger partial charge in [-0.1, -0.05) is 12.1 Å². The molecule has 1 fully saturated rings. The van der Waals surface area contributed by atoms with E-state index in [1.54, 1.807) is 56.1 Å². The van der Waals surface area contributed by atoms with Crippen LogP contribution in [0.3, 0.4) is 0 Å². The van der Waals surface area contributed by atoms with Gasteiger partial charge >= 0.3 is 12.1 Å². The topological polar surface area (TPSA) is 105 Å². The number of halogens is 3. The molecule has 1 aliphatic heterocycles. The fourth-order valence-electron chi connectivity index (χ4n) is 4.59. The van der Waals surface area contributed by atoms with Gasteiger partial charge in [-0.2, -0.15) is 18.4 Å². The smallest absolute Gasteiger partial charge is 0.417 e. The van der Waals surface area contributed by atoms with Crippen LogP contribution in [0.5, 0.6) is 5.88 Å². The number of pyridine rings is 1. The summed E-state index contributed by atoms with van der Waals surface area (Å²) >= 11 is 5.60. The van der Waals surface area contributed by atoms with Crippen LogP contribution < -0.4 is 14.5 Å². The van der Waals surface area contributed by atoms with E-state index in [4.69, 9.17) is 31.7 Å². The van der Waals surface area contributed by atoms with Gasteiger partial charge in [-0.15, -0.1) is 0 Å². The minimum Gasteiger partial charge on any atom is -0.475 e. The first kappa shape index (κ1) is 32.4. The van der Waals surface area contributed by atoms with Crippen molar-refractivity contribution < 1.29 is 37.0 Å². The van der Waals surface area contributed by atoms with Crippen LogP contribution in [0.15, 0.2) is 60.8 Å². The Bertz CT molecular complexity index is 1570. The molecule has 0 saturated carbocycles. The average Bonchev–Trinajstić information content (AvgIpc) is 3.17. The maximum atomic E-state index is 13.6. The second-order valence-corrected chi connectivity index (χ2v) is 10.5. The highest BCUT2D eigenvalue weighted by atomic mass is 32.1. The third kappa shape index (κ3) is 6.98. The molecule has 1 aliphatic rings. The monoisotopic (exact) mass is 626 g/mol. The summed E-state index contributed by atoms with van der Waals surface area (Å²) in [5, 5.41) is 9.14. The first-order valence-corrected chi connectivity index (χ1v) is 14.0. The maximum absolute atomic E-state index is 13.6. The van der Waals surface area contributed by atoms with E-state index in [-0.39, 0.29) is 43.0 Å². The fourth-order valence-corrected chi connectivity index (χ4v) is 5.12. The lowest BCUT2D eigenvalue weighted by atomic mass is 10.0. The zero-order valence-electron chi connectivity index (χ0n) is 24.2. The zero-order valence-corrected chi connectivity index (χ0v) is 25.0. The number of ether oxygens (including phenoxy) is 3. The number of carbonyl (C=O) groups excluding carboxylic acids is 2. The Morgan fingerprint density at radius 2 is 1.70 bits per heavy atom. The Morgan fingerprint density at radius 1 is 1.02 bits per heavy atom. The standard InChI is InChI=1S/C31H29F3N4O5S/c1-4-42-27(39)13-14-41-15-16-43-26-12-8-22(19-36-26)20-5-9-23(10-6-20)38-29(44)37(28(40)30(38,2)3)24-11-7-21(18-35)25(17-24)31(32,33)34/h5-12,17,19H,4,13-16H2,1-3H3. The van der Waals surface area contributed by atoms with Crippen LogP contribution in [-0.2, 0) is 25.2 Å². The van der Waals surface area contributed by atoms with Crippen LogP contribution in [0.1, 0.15) is 38.3 Å². The van der Waals surface area contributed by atoms with Gasteiger partial charge in [0.25, 0.3) is 5.91 Å². The van der Waals surface area contributed by atoms with Crippen LogP contribution in [-0.4, -0.2) is 53.9 Å². The van der Waals surface area contributed by atoms with Crippen molar-refractivity contribution in [1.29, 1.82) is 5.26 Å². The van der Waals surface area contributed by atoms with Crippen molar-refractivity contribution in [3.05, 3.63) is 71.9 Å². The SMILES string of the molecule is CCOC(=O)CCOCCOc1ccc(-c2ccc(N3C(=S)N(c4ccc(C#N)c(C(F)(F)F)c4)C(=O)C3(C)C)cc2)cn1. The normalized spacial score (nSPS) is 14.5. The van der Waals surface area contributed by atoms with Crippen LogP contribution >= 0.6 is 12.2 Å². The van der Waals surface area contributed by atoms with Gasteiger partial charge in [-0.05, 0) is 75.0 Å². The predicted octanol–water partition coefficient (Wildman–Crippen LogP) is 5.90. The molecule has 0 bridgehead atoms. The summed E-state index contributed by atoms with van der Waals surface area (Å²) in [7, 11) is 0. The highest BCUT2D eigenvalue weighted by Gasteiger charge is 2.50. The lowest BCUT2D eigenvalue weighted by Gasteiger charge is -2.29. The molecule has 2 aromatic carbocycles. The minimum atomic E-state index is -4.78. The molecule has 1 aromatic heterocycles. The van der Waals surface area contributed by atoms with Crippen molar-refractivity contribution in [3.8, 4) is 23.1 Å². The number of nitrogens with zero attached hydrogens (tertiary/aromatic N) is 4. The van der Waals surface area contributed by atoms with E-state index in [1.807, 2.05) is 18.2 Å². The van der Waals surface area contributed by atoms with Crippen molar-refractivity contribution in [1.82, 2.24) is 4.98 Å². The predicted molar refractivity (Wildman–Crippen MR) is 160 cm³/mol. The summed E-state index contributed by atoms with van der Waals surface area (Å²) in [5.74, 6) is -0.417. The summed E-state index contributed by atoms with van der Waals surface area (Å²) in [4.78, 5) is 31.7. The molecule has 2 heterocycles. The number of esters is 1. The van der Waals surface area contributed by atoms with Crippen LogP contribution in [0.4, 0.5) is 24.5 Å². The number of aromatic nitrogens is 1. The highest BCUT2D eigenvalue weighted by molar-refractivity contribution is 7.81. The zero-order chi connectivity index (χ0) is 32.1. The van der Waals surface area contributed by atoms with E-state index in [1.165, 1.54) is 6.07 Å². The molecule has 9 nitrogen and oxygen atoms in total. The maximum Gasteiger partial charge on any atom is 0.417 e. The van der Waals surface area contributed by atoms with Crippen molar-refractivity contribution in [2.75, 3.05) is 36.2 Å². The number of carbonyl (C=O) groups is 2. The first-order valence-electron chi connectivity index (χ1n) is 13.6. The number of nitriles is 1. The van der Waals surface area contributed by atoms with Gasteiger partial charge in [0.2, 0.25) is 5.88 Å². The summed E-state index contributed by atoms with van der Waals surface area (Å²) in [6, 6.07) is 15.3. The molecule has 0 unspecified atom stereocenters. The number of rotatable bonds is 11. The molecule has 44 heavy (non-hydrogen) atoms. The Hall–Kier alpha value is -4.54. The molecule has 1 saturated heterocycles. The molecular formula is C31H29F3N4O5S. The highest BCUT2D eigenvalue weighted by Crippen LogP contribution is 2.40. The van der Waals surface area contributed by atoms with E-state index >= 15 is 0 Å². The molecule has 4 rings (SSSR count). The molecule has 230 valence electrons. The van der Waals surface area contributed by atoms with Crippen LogP contribution in [0, 0.1) is 11.3 Å². The second kappa shape index (κ2) is 13.4. The minimum absolute atomic E-state index is 0.0126. The second-order valence-electron chi connectivity index (χ2n) is 10.1. The van der Waals surface area contributed by atoms with E-state index in [9.17, 15) is 22.8 Å². The van der Waals surface area contributed by atoms with Crippen molar-refractivity contribution in [3.63, 3.8) is 0 Å². The van der Waals surface area contributed by atoms with Gasteiger partial charge in [0, 0.05) is 23.5 Å². The van der Waals surface area contributed by atoms with Crippen molar-refractivity contribution in [2.24, 2.45) is 0 Å². The summed E-state index contributed by atoms with van der Waals surface area (Å²) in [5.41, 5.74) is -0.769. The summed E-state index contributed by atoms with van der Waals surface area (Å²) in [6.45, 7) is 6.13. The number of thiocarbonyl (C=S) groups is 1. The Kier molecular flexibility index (Phi) is 9.86. The van der Waals surface area contributed by atoms with E-state index in [2.05, 4.69) is 4.98 Å². The number of benzene rings is 2. The number of alkyl halides is 3. The number of anilines is 2. The Labute approximate surface area is 257 Å². The average molecular weight is 627 g/mol. The number of hydrogen-bond acceptors (Lipinski definition) is 8. The van der Waals surface area contributed by atoms with E-state index < -0.39 is 28.7 Å². The molecule has 0 atom stereocenters. The molecule has 3 aromatic rings. The summed E-state index contributed by atoms with van der Waals surface area (Å²) in [6.07, 6.45) is -2.96. The third-order valence-corrected chi connectivity index (χ3v) is 7.15. The lowest BCUT2D eigenvalue weighted by molar-refractivity contribution is -0.144. The van der Waals surface area contributed by atoms with Gasteiger partial charge < -0.3 is 19.1 Å². The first-order chi connectivity index (χ1) is 20.9. The van der Waals surface area contributed by atoms with Crippen molar-refractivity contribution in [2.45, 2.75) is 38.9 Å². The van der Waals surface area contributed by atoms with Crippen LogP contribution in [0.2, 0.25) is 0 Å². The van der Waals surface area contributed by atoms with Gasteiger partial charge in [0.1, 0.15) is 12.1 Å². The van der Waals surface area contributed by atoms with Crippen molar-refractivity contribution >= 4 is 40.6 Å². The molecule has 1 amide bonds. The van der Waals surface area contributed by atoms with E-state index in [0.717, 1.165) is 28.2 Å². The van der Waals surface area contributed by atoms with E-state index in [0.29, 0.717) is 18.2 Å². The quantitative estimate of drug-likeness (QED) is 0.146. The third-order valence-electron chi connectivity index (χ3n) is 6.78. The molecule has 0 spiro atoms. The number of amides is 1. The van der Waals surface area contributed by atoms with Gasteiger partial charge in [0.15, 0.2) is 5.11 Å². The molecule has 0 aliphatic carbocycles. The molecule has 0 N–H and O–H groups in total. The fraction of sp³-hybridized carbons (Fsp3) is 0.323. The van der Waals surface area contributed by atoms with Crippen LogP contribution in [0.25, 0.3) is 11.1 Å². The largest absolute Gasteiger partial charge is 0.475 e. The number of hydrogen-bond donors (Lipinski definition) is 0. The lowest BCUT2D eigenvalue weighted by Crippen LogP contribution is -2.44. The van der Waals surface area contributed by atoms with Gasteiger partial charge in [-0.3, -0.25) is 14.5 Å². The van der Waals surface area contributed by atoms with Gasteiger partial charge in [0.05, 0.1) is 49.1 Å². The molecule has 13 heteroatoms. The summed E-state index contributed by atoms with van der Waals surface area (Å²) < 4.78 is 56.6. The Morgan fingerprint density at radius 3 is 2.32 bits per heavy atom. The van der Waals surface area contributed by atoms with Gasteiger partial charge in [-0.25, -0.2) is 4.98 Å². The Balaban J connectivity index is 1.43. The molecule has 0 radical (unpaired) electrons.